The lowest BCUT2D eigenvalue weighted by Crippen LogP contribution is -2.27. The highest BCUT2D eigenvalue weighted by atomic mass is 16.6. The zero-order valence-electron chi connectivity index (χ0n) is 17.1. The summed E-state index contributed by atoms with van der Waals surface area (Å²) < 4.78 is 11.3. The second kappa shape index (κ2) is 10.8. The predicted molar refractivity (Wildman–Crippen MR) is 113 cm³/mol. The lowest BCUT2D eigenvalue weighted by Gasteiger charge is -2.24. The Morgan fingerprint density at radius 2 is 1.66 bits per heavy atom. The van der Waals surface area contributed by atoms with Crippen LogP contribution < -0.4 is 0 Å². The van der Waals surface area contributed by atoms with Crippen molar-refractivity contribution in [2.45, 2.75) is 70.5 Å². The van der Waals surface area contributed by atoms with Gasteiger partial charge in [0.25, 0.3) is 0 Å². The molecular weight excluding hydrogens is 364 g/mol. The number of hydrogen-bond acceptors (Lipinski definition) is 4. The summed E-state index contributed by atoms with van der Waals surface area (Å²) in [5.41, 5.74) is 2.26. The summed E-state index contributed by atoms with van der Waals surface area (Å²) in [5, 5.41) is 0. The van der Waals surface area contributed by atoms with E-state index in [-0.39, 0.29) is 6.10 Å². The fourth-order valence-corrected chi connectivity index (χ4v) is 3.65. The van der Waals surface area contributed by atoms with Crippen molar-refractivity contribution in [3.05, 3.63) is 71.3 Å². The highest BCUT2D eigenvalue weighted by Gasteiger charge is 2.30. The molecule has 0 aromatic heterocycles. The Morgan fingerprint density at radius 3 is 2.31 bits per heavy atom. The van der Waals surface area contributed by atoms with Crippen molar-refractivity contribution in [2.24, 2.45) is 0 Å². The first-order valence-corrected chi connectivity index (χ1v) is 10.7. The standard InChI is InChI=1S/C25H30O4/c1-2-3-10-19-15-17-21(18-16-19)24(26)29-23(20-11-6-4-7-12-20)25(27)28-22-13-8-5-9-14-22/h4,6-7,11-12,15-18,22-23H,2-3,5,8-10,13-14H2,1H3. The van der Waals surface area contributed by atoms with E-state index in [1.165, 1.54) is 12.0 Å². The van der Waals surface area contributed by atoms with Crippen molar-refractivity contribution in [3.63, 3.8) is 0 Å². The van der Waals surface area contributed by atoms with Gasteiger partial charge in [-0.2, -0.15) is 0 Å². The molecule has 2 aromatic rings. The van der Waals surface area contributed by atoms with Gasteiger partial charge in [-0.1, -0.05) is 62.2 Å². The van der Waals surface area contributed by atoms with Crippen LogP contribution in [-0.2, 0) is 20.7 Å². The molecule has 0 heterocycles. The smallest absolute Gasteiger partial charge is 0.352 e. The maximum Gasteiger partial charge on any atom is 0.352 e. The summed E-state index contributed by atoms with van der Waals surface area (Å²) in [6.07, 6.45) is 7.17. The average Bonchev–Trinajstić information content (AvgIpc) is 2.77. The third-order valence-electron chi connectivity index (χ3n) is 5.38. The van der Waals surface area contributed by atoms with Gasteiger partial charge >= 0.3 is 11.9 Å². The lowest BCUT2D eigenvalue weighted by atomic mass is 9.97. The van der Waals surface area contributed by atoms with Crippen LogP contribution in [0.4, 0.5) is 0 Å². The van der Waals surface area contributed by atoms with Gasteiger partial charge < -0.3 is 9.47 Å². The molecule has 3 rings (SSSR count). The SMILES string of the molecule is CCCCc1ccc(C(=O)OC(C(=O)OC2CCCCC2)c2ccccc2)cc1. The number of carbonyl (C=O) groups excluding carboxylic acids is 2. The van der Waals surface area contributed by atoms with Crippen molar-refractivity contribution in [3.8, 4) is 0 Å². The van der Waals surface area contributed by atoms with Crippen LogP contribution in [0.25, 0.3) is 0 Å². The molecule has 1 atom stereocenters. The Hall–Kier alpha value is -2.62. The van der Waals surface area contributed by atoms with Gasteiger partial charge in [0.1, 0.15) is 6.10 Å². The second-order valence-corrected chi connectivity index (χ2v) is 7.69. The number of rotatable bonds is 8. The number of hydrogen-bond donors (Lipinski definition) is 0. The fourth-order valence-electron chi connectivity index (χ4n) is 3.65. The van der Waals surface area contributed by atoms with Crippen LogP contribution in [0.15, 0.2) is 54.6 Å². The van der Waals surface area contributed by atoms with Crippen molar-refractivity contribution in [1.29, 1.82) is 0 Å². The zero-order chi connectivity index (χ0) is 20.5. The Balaban J connectivity index is 1.70. The van der Waals surface area contributed by atoms with Crippen molar-refractivity contribution in [2.75, 3.05) is 0 Å². The molecule has 0 N–H and O–H groups in total. The van der Waals surface area contributed by atoms with E-state index < -0.39 is 18.0 Å². The van der Waals surface area contributed by atoms with Crippen molar-refractivity contribution in [1.82, 2.24) is 0 Å². The Kier molecular flexibility index (Phi) is 7.85. The second-order valence-electron chi connectivity index (χ2n) is 7.69. The minimum absolute atomic E-state index is 0.0842. The normalized spacial score (nSPS) is 15.5. The summed E-state index contributed by atoms with van der Waals surface area (Å²) in [6.45, 7) is 2.15. The lowest BCUT2D eigenvalue weighted by molar-refractivity contribution is -0.161. The molecule has 1 aliphatic rings. The predicted octanol–water partition coefficient (Wildman–Crippen LogP) is 5.80. The molecule has 1 aliphatic carbocycles. The van der Waals surface area contributed by atoms with E-state index in [0.29, 0.717) is 11.1 Å². The molecular formula is C25H30O4. The Morgan fingerprint density at radius 1 is 0.966 bits per heavy atom. The first kappa shape index (κ1) is 21.1. The summed E-state index contributed by atoms with van der Waals surface area (Å²) in [7, 11) is 0. The van der Waals surface area contributed by atoms with E-state index in [1.54, 1.807) is 24.3 Å². The molecule has 0 bridgehead atoms. The topological polar surface area (TPSA) is 52.6 Å². The van der Waals surface area contributed by atoms with Crippen LogP contribution in [0.1, 0.15) is 79.5 Å². The molecule has 0 spiro atoms. The quantitative estimate of drug-likeness (QED) is 0.531. The van der Waals surface area contributed by atoms with E-state index in [0.717, 1.165) is 44.9 Å². The summed E-state index contributed by atoms with van der Waals surface area (Å²) in [6, 6.07) is 16.5. The molecule has 29 heavy (non-hydrogen) atoms. The van der Waals surface area contributed by atoms with E-state index in [9.17, 15) is 9.59 Å². The van der Waals surface area contributed by atoms with Gasteiger partial charge in [-0.25, -0.2) is 9.59 Å². The minimum atomic E-state index is -1.05. The van der Waals surface area contributed by atoms with Crippen LogP contribution in [0.2, 0.25) is 0 Å². The molecule has 1 saturated carbocycles. The molecule has 1 fully saturated rings. The third kappa shape index (κ3) is 6.18. The zero-order valence-corrected chi connectivity index (χ0v) is 17.1. The molecule has 0 radical (unpaired) electrons. The molecule has 1 unspecified atom stereocenters. The van der Waals surface area contributed by atoms with Crippen LogP contribution in [0.5, 0.6) is 0 Å². The van der Waals surface area contributed by atoms with Gasteiger partial charge in [-0.15, -0.1) is 0 Å². The van der Waals surface area contributed by atoms with E-state index in [4.69, 9.17) is 9.47 Å². The van der Waals surface area contributed by atoms with Crippen molar-refractivity contribution >= 4 is 11.9 Å². The van der Waals surface area contributed by atoms with Crippen LogP contribution in [0, 0.1) is 0 Å². The van der Waals surface area contributed by atoms with Gasteiger partial charge in [0.15, 0.2) is 0 Å². The Labute approximate surface area is 173 Å². The van der Waals surface area contributed by atoms with Gasteiger partial charge in [0, 0.05) is 5.56 Å². The largest absolute Gasteiger partial charge is 0.459 e. The molecule has 4 heteroatoms. The van der Waals surface area contributed by atoms with E-state index in [1.807, 2.05) is 30.3 Å². The number of unbranched alkanes of at least 4 members (excludes halogenated alkanes) is 1. The van der Waals surface area contributed by atoms with Crippen LogP contribution >= 0.6 is 0 Å². The molecule has 0 aliphatic heterocycles. The molecule has 4 nitrogen and oxygen atoms in total. The van der Waals surface area contributed by atoms with Gasteiger partial charge in [-0.3, -0.25) is 0 Å². The maximum atomic E-state index is 12.9. The van der Waals surface area contributed by atoms with E-state index in [2.05, 4.69) is 6.92 Å². The van der Waals surface area contributed by atoms with E-state index >= 15 is 0 Å². The van der Waals surface area contributed by atoms with Gasteiger partial charge in [0.2, 0.25) is 6.10 Å². The monoisotopic (exact) mass is 394 g/mol. The van der Waals surface area contributed by atoms with Gasteiger partial charge in [-0.05, 0) is 56.2 Å². The van der Waals surface area contributed by atoms with Crippen LogP contribution in [-0.4, -0.2) is 18.0 Å². The summed E-state index contributed by atoms with van der Waals surface area (Å²) >= 11 is 0. The third-order valence-corrected chi connectivity index (χ3v) is 5.38. The highest BCUT2D eigenvalue weighted by Crippen LogP contribution is 2.26. The number of ether oxygens (including phenoxy) is 2. The first-order chi connectivity index (χ1) is 14.2. The molecule has 154 valence electrons. The van der Waals surface area contributed by atoms with Crippen molar-refractivity contribution < 1.29 is 19.1 Å². The molecule has 0 amide bonds. The van der Waals surface area contributed by atoms with Crippen LogP contribution in [0.3, 0.4) is 0 Å². The first-order valence-electron chi connectivity index (χ1n) is 10.7. The summed E-state index contributed by atoms with van der Waals surface area (Å²) in [5.74, 6) is -1.00. The maximum absolute atomic E-state index is 12.9. The Bertz CT molecular complexity index is 776. The number of aryl methyl sites for hydroxylation is 1. The number of carbonyl (C=O) groups is 2. The van der Waals surface area contributed by atoms with Gasteiger partial charge in [0.05, 0.1) is 5.56 Å². The summed E-state index contributed by atoms with van der Waals surface area (Å²) in [4.78, 5) is 25.6. The average molecular weight is 395 g/mol. The molecule has 0 saturated heterocycles. The fraction of sp³-hybridized carbons (Fsp3) is 0.440. The molecule has 2 aromatic carbocycles. The minimum Gasteiger partial charge on any atom is -0.459 e. The highest BCUT2D eigenvalue weighted by molar-refractivity contribution is 5.91. The number of esters is 2. The number of benzene rings is 2.